The highest BCUT2D eigenvalue weighted by atomic mass is 16.7. The highest BCUT2D eigenvalue weighted by Gasteiger charge is 2.49. The van der Waals surface area contributed by atoms with E-state index in [0.717, 1.165) is 0 Å². The molecule has 0 aliphatic carbocycles. The van der Waals surface area contributed by atoms with Crippen LogP contribution in [0.5, 0.6) is 0 Å². The first-order valence-corrected chi connectivity index (χ1v) is 6.47. The molecule has 1 fully saturated rings. The van der Waals surface area contributed by atoms with Gasteiger partial charge in [0.05, 0.1) is 6.61 Å². The molecule has 7 nitrogen and oxygen atoms in total. The molecular weight excluding hydrogens is 266 g/mol. The van der Waals surface area contributed by atoms with E-state index in [2.05, 4.69) is 0 Å². The van der Waals surface area contributed by atoms with Crippen molar-refractivity contribution in [3.8, 4) is 0 Å². The lowest BCUT2D eigenvalue weighted by molar-refractivity contribution is -0.285. The number of hydrogen-bond donors (Lipinski definition) is 0. The molecule has 1 aliphatic rings. The summed E-state index contributed by atoms with van der Waals surface area (Å²) in [5.41, 5.74) is 0. The largest absolute Gasteiger partial charge is 0.382 e. The standard InChI is InChI=1S/C13H25NO6/c1-8(15)14(2)10-12(18-5)11(17-4)9(7-16-3)20-13(10)19-6/h9-13H,7H2,1-6H3/t9-,10-,11-,12-,13+/m1/s1. The first-order chi connectivity index (χ1) is 9.51. The molecule has 0 radical (unpaired) electrons. The second-order valence-electron chi connectivity index (χ2n) is 4.76. The van der Waals surface area contributed by atoms with Crippen molar-refractivity contribution >= 4 is 5.91 Å². The Bertz CT molecular complexity index is 313. The van der Waals surface area contributed by atoms with Crippen LogP contribution in [0.1, 0.15) is 6.92 Å². The summed E-state index contributed by atoms with van der Waals surface area (Å²) >= 11 is 0. The molecule has 0 aromatic rings. The van der Waals surface area contributed by atoms with E-state index in [9.17, 15) is 4.79 Å². The Morgan fingerprint density at radius 1 is 1.10 bits per heavy atom. The van der Waals surface area contributed by atoms with Crippen LogP contribution in [0.25, 0.3) is 0 Å². The van der Waals surface area contributed by atoms with E-state index in [1.54, 1.807) is 33.3 Å². The van der Waals surface area contributed by atoms with Crippen molar-refractivity contribution in [3.63, 3.8) is 0 Å². The number of ether oxygens (including phenoxy) is 5. The second-order valence-corrected chi connectivity index (χ2v) is 4.76. The number of carbonyl (C=O) groups excluding carboxylic acids is 1. The lowest BCUT2D eigenvalue weighted by Gasteiger charge is -2.47. The summed E-state index contributed by atoms with van der Waals surface area (Å²) in [6.45, 7) is 1.84. The van der Waals surface area contributed by atoms with Crippen LogP contribution in [-0.4, -0.2) is 83.5 Å². The van der Waals surface area contributed by atoms with Gasteiger partial charge in [0, 0.05) is 42.4 Å². The molecule has 5 atom stereocenters. The third-order valence-corrected chi connectivity index (χ3v) is 3.67. The molecule has 7 heteroatoms. The van der Waals surface area contributed by atoms with Crippen LogP contribution in [0.4, 0.5) is 0 Å². The predicted octanol–water partition coefficient (Wildman–Crippen LogP) is -0.119. The zero-order chi connectivity index (χ0) is 15.3. The quantitative estimate of drug-likeness (QED) is 0.680. The van der Waals surface area contributed by atoms with Crippen LogP contribution in [0, 0.1) is 0 Å². The van der Waals surface area contributed by atoms with Crippen LogP contribution in [0.3, 0.4) is 0 Å². The van der Waals surface area contributed by atoms with Gasteiger partial charge in [0.1, 0.15) is 24.4 Å². The van der Waals surface area contributed by atoms with Crippen molar-refractivity contribution in [3.05, 3.63) is 0 Å². The predicted molar refractivity (Wildman–Crippen MR) is 71.4 cm³/mol. The van der Waals surface area contributed by atoms with Gasteiger partial charge in [0.15, 0.2) is 6.29 Å². The van der Waals surface area contributed by atoms with E-state index in [0.29, 0.717) is 6.61 Å². The third-order valence-electron chi connectivity index (χ3n) is 3.67. The number of amides is 1. The Balaban J connectivity index is 3.04. The molecule has 1 aliphatic heterocycles. The molecule has 0 saturated carbocycles. The molecule has 1 amide bonds. The van der Waals surface area contributed by atoms with Gasteiger partial charge >= 0.3 is 0 Å². The van der Waals surface area contributed by atoms with Gasteiger partial charge in [0.2, 0.25) is 5.91 Å². The maximum atomic E-state index is 11.7. The fourth-order valence-corrected chi connectivity index (χ4v) is 2.56. The van der Waals surface area contributed by atoms with Gasteiger partial charge in [-0.3, -0.25) is 4.79 Å². The van der Waals surface area contributed by atoms with E-state index in [4.69, 9.17) is 23.7 Å². The number of hydrogen-bond acceptors (Lipinski definition) is 6. The number of methoxy groups -OCH3 is 4. The molecule has 0 aromatic carbocycles. The Hall–Kier alpha value is -0.730. The normalized spacial score (nSPS) is 34.0. The van der Waals surface area contributed by atoms with Crippen LogP contribution < -0.4 is 0 Å². The lowest BCUT2D eigenvalue weighted by atomic mass is 9.95. The molecule has 118 valence electrons. The summed E-state index contributed by atoms with van der Waals surface area (Å²) in [5.74, 6) is -0.0947. The Morgan fingerprint density at radius 3 is 2.10 bits per heavy atom. The van der Waals surface area contributed by atoms with Crippen molar-refractivity contribution < 1.29 is 28.5 Å². The van der Waals surface area contributed by atoms with Crippen molar-refractivity contribution in [2.75, 3.05) is 42.1 Å². The van der Waals surface area contributed by atoms with Gasteiger partial charge in [0.25, 0.3) is 0 Å². The van der Waals surface area contributed by atoms with Crippen LogP contribution in [-0.2, 0) is 28.5 Å². The maximum Gasteiger partial charge on any atom is 0.219 e. The van der Waals surface area contributed by atoms with Crippen molar-refractivity contribution in [2.45, 2.75) is 37.6 Å². The first kappa shape index (κ1) is 17.3. The van der Waals surface area contributed by atoms with Gasteiger partial charge in [-0.15, -0.1) is 0 Å². The molecule has 0 spiro atoms. The zero-order valence-electron chi connectivity index (χ0n) is 13.0. The number of carbonyl (C=O) groups is 1. The van der Waals surface area contributed by atoms with E-state index in [1.165, 1.54) is 14.0 Å². The second kappa shape index (κ2) is 7.90. The Morgan fingerprint density at radius 2 is 1.70 bits per heavy atom. The van der Waals surface area contributed by atoms with Crippen LogP contribution in [0.15, 0.2) is 0 Å². The van der Waals surface area contributed by atoms with Gasteiger partial charge in [-0.2, -0.15) is 0 Å². The number of likely N-dealkylation sites (N-methyl/N-ethyl adjacent to an activating group) is 1. The number of nitrogens with zero attached hydrogens (tertiary/aromatic N) is 1. The molecule has 20 heavy (non-hydrogen) atoms. The van der Waals surface area contributed by atoms with Gasteiger partial charge < -0.3 is 28.6 Å². The smallest absolute Gasteiger partial charge is 0.219 e. The first-order valence-electron chi connectivity index (χ1n) is 6.47. The molecule has 1 rings (SSSR count). The summed E-state index contributed by atoms with van der Waals surface area (Å²) in [7, 11) is 7.99. The lowest BCUT2D eigenvalue weighted by Crippen LogP contribution is -2.65. The fourth-order valence-electron chi connectivity index (χ4n) is 2.56. The van der Waals surface area contributed by atoms with E-state index < -0.39 is 6.29 Å². The molecule has 1 heterocycles. The highest BCUT2D eigenvalue weighted by molar-refractivity contribution is 5.73. The average Bonchev–Trinajstić information content (AvgIpc) is 2.45. The van der Waals surface area contributed by atoms with E-state index >= 15 is 0 Å². The van der Waals surface area contributed by atoms with Crippen LogP contribution >= 0.6 is 0 Å². The molecule has 0 unspecified atom stereocenters. The molecule has 1 saturated heterocycles. The maximum absolute atomic E-state index is 11.7. The van der Waals surface area contributed by atoms with E-state index in [1.807, 2.05) is 0 Å². The SMILES string of the molecule is COC[C@H]1O[C@H](OC)[C@H](N(C)C(C)=O)[C@@H](OC)[C@@H]1OC. The minimum Gasteiger partial charge on any atom is -0.382 e. The Labute approximate surface area is 120 Å². The monoisotopic (exact) mass is 291 g/mol. The molecule has 0 bridgehead atoms. The third kappa shape index (κ3) is 3.48. The van der Waals surface area contributed by atoms with Gasteiger partial charge in [-0.1, -0.05) is 0 Å². The minimum absolute atomic E-state index is 0.0947. The van der Waals surface area contributed by atoms with Gasteiger partial charge in [-0.05, 0) is 0 Å². The zero-order valence-corrected chi connectivity index (χ0v) is 13.0. The summed E-state index contributed by atoms with van der Waals surface area (Å²) in [6.07, 6.45) is -1.64. The highest BCUT2D eigenvalue weighted by Crippen LogP contribution is 2.28. The summed E-state index contributed by atoms with van der Waals surface area (Å²) in [5, 5.41) is 0. The molecule has 0 aromatic heterocycles. The van der Waals surface area contributed by atoms with Crippen molar-refractivity contribution in [1.82, 2.24) is 4.90 Å². The van der Waals surface area contributed by atoms with Crippen LogP contribution in [0.2, 0.25) is 0 Å². The fraction of sp³-hybridized carbons (Fsp3) is 0.923. The molecular formula is C13H25NO6. The van der Waals surface area contributed by atoms with Gasteiger partial charge in [-0.25, -0.2) is 0 Å². The topological polar surface area (TPSA) is 66.5 Å². The molecule has 0 N–H and O–H groups in total. The van der Waals surface area contributed by atoms with Crippen molar-refractivity contribution in [2.24, 2.45) is 0 Å². The Kier molecular flexibility index (Phi) is 6.84. The minimum atomic E-state index is -0.597. The average molecular weight is 291 g/mol. The summed E-state index contributed by atoms with van der Waals surface area (Å²) < 4.78 is 27.4. The summed E-state index contributed by atoms with van der Waals surface area (Å²) in [4.78, 5) is 13.2. The van der Waals surface area contributed by atoms with E-state index in [-0.39, 0.29) is 30.3 Å². The van der Waals surface area contributed by atoms with Crippen molar-refractivity contribution in [1.29, 1.82) is 0 Å². The summed E-state index contributed by atoms with van der Waals surface area (Å²) in [6, 6.07) is -0.388. The number of rotatable bonds is 6.